The fourth-order valence-electron chi connectivity index (χ4n) is 4.28. The summed E-state index contributed by atoms with van der Waals surface area (Å²) in [7, 11) is 0. The number of hydrogen-bond acceptors (Lipinski definition) is 6. The molecule has 2 aromatic heterocycles. The molecule has 3 aromatic carbocycles. The fraction of sp³-hybridized carbons (Fsp3) is 0.100. The number of thiophene rings is 1. The summed E-state index contributed by atoms with van der Waals surface area (Å²) in [6.45, 7) is 5.98. The summed E-state index contributed by atoms with van der Waals surface area (Å²) in [5.41, 5.74) is 13.7. The van der Waals surface area contributed by atoms with Crippen molar-refractivity contribution in [2.75, 3.05) is 16.4 Å². The molecule has 0 saturated carbocycles. The molecular formula is C30H25N5OS. The third kappa shape index (κ3) is 4.63. The first-order chi connectivity index (χ1) is 17.9. The topological polar surface area (TPSA) is 104 Å². The van der Waals surface area contributed by atoms with Gasteiger partial charge in [0, 0.05) is 16.9 Å². The summed E-state index contributed by atoms with van der Waals surface area (Å²) >= 11 is 1.39. The van der Waals surface area contributed by atoms with Gasteiger partial charge in [-0.25, -0.2) is 4.98 Å². The van der Waals surface area contributed by atoms with Crippen LogP contribution in [0.1, 0.15) is 32.6 Å². The number of nitrogens with one attached hydrogen (secondary N) is 2. The predicted octanol–water partition coefficient (Wildman–Crippen LogP) is 7.34. The number of nitriles is 1. The van der Waals surface area contributed by atoms with Crippen molar-refractivity contribution in [2.45, 2.75) is 20.8 Å². The van der Waals surface area contributed by atoms with E-state index < -0.39 is 0 Å². The monoisotopic (exact) mass is 503 g/mol. The highest BCUT2D eigenvalue weighted by molar-refractivity contribution is 7.24. The SMILES string of the molecule is Cc1ccc(-c2c(C#N)c(N)nc3c(C(=O)Nc4cccc(C)c4)c(Nc4ccccc4C)sc23)cc1. The quantitative estimate of drug-likeness (QED) is 0.233. The maximum absolute atomic E-state index is 13.8. The fourth-order valence-corrected chi connectivity index (χ4v) is 5.50. The zero-order valence-electron chi connectivity index (χ0n) is 20.7. The number of nitrogens with two attached hydrogens (primary N) is 1. The number of anilines is 4. The van der Waals surface area contributed by atoms with Crippen molar-refractivity contribution in [1.29, 1.82) is 5.26 Å². The van der Waals surface area contributed by atoms with Gasteiger partial charge in [-0.2, -0.15) is 5.26 Å². The van der Waals surface area contributed by atoms with E-state index in [0.717, 1.165) is 32.6 Å². The third-order valence-electron chi connectivity index (χ3n) is 6.20. The van der Waals surface area contributed by atoms with Gasteiger partial charge in [-0.3, -0.25) is 4.79 Å². The molecule has 7 heteroatoms. The molecule has 0 unspecified atom stereocenters. The normalized spacial score (nSPS) is 10.8. The number of pyridine rings is 1. The van der Waals surface area contributed by atoms with Gasteiger partial charge in [0.2, 0.25) is 0 Å². The Morgan fingerprint density at radius 1 is 0.973 bits per heavy atom. The van der Waals surface area contributed by atoms with Crippen molar-refractivity contribution >= 4 is 49.7 Å². The van der Waals surface area contributed by atoms with Gasteiger partial charge in [-0.1, -0.05) is 60.2 Å². The van der Waals surface area contributed by atoms with E-state index in [2.05, 4.69) is 21.7 Å². The second-order valence-electron chi connectivity index (χ2n) is 8.97. The molecule has 37 heavy (non-hydrogen) atoms. The van der Waals surface area contributed by atoms with Crippen LogP contribution in [0.3, 0.4) is 0 Å². The minimum Gasteiger partial charge on any atom is -0.383 e. The minimum absolute atomic E-state index is 0.0930. The molecular weight excluding hydrogens is 478 g/mol. The number of para-hydroxylation sites is 1. The van der Waals surface area contributed by atoms with Crippen LogP contribution in [-0.2, 0) is 0 Å². The number of aromatic nitrogens is 1. The molecule has 182 valence electrons. The Hall–Kier alpha value is -4.67. The lowest BCUT2D eigenvalue weighted by atomic mass is 9.99. The molecule has 5 rings (SSSR count). The van der Waals surface area contributed by atoms with Gasteiger partial charge in [-0.05, 0) is 55.7 Å². The molecule has 1 amide bonds. The van der Waals surface area contributed by atoms with Crippen LogP contribution in [-0.4, -0.2) is 10.9 Å². The largest absolute Gasteiger partial charge is 0.383 e. The average Bonchev–Trinajstić information content (AvgIpc) is 3.22. The highest BCUT2D eigenvalue weighted by atomic mass is 32.1. The summed E-state index contributed by atoms with van der Waals surface area (Å²) in [5.74, 6) is -0.213. The van der Waals surface area contributed by atoms with Crippen molar-refractivity contribution in [3.05, 3.63) is 101 Å². The third-order valence-corrected chi connectivity index (χ3v) is 7.31. The van der Waals surface area contributed by atoms with E-state index in [1.165, 1.54) is 11.3 Å². The Bertz CT molecular complexity index is 1700. The number of benzene rings is 3. The number of hydrogen-bond donors (Lipinski definition) is 3. The number of nitrogen functional groups attached to an aromatic ring is 1. The Balaban J connectivity index is 1.76. The lowest BCUT2D eigenvalue weighted by Gasteiger charge is -2.11. The molecule has 0 fully saturated rings. The first kappa shape index (κ1) is 24.0. The second kappa shape index (κ2) is 9.76. The Morgan fingerprint density at radius 2 is 1.73 bits per heavy atom. The zero-order valence-corrected chi connectivity index (χ0v) is 21.5. The molecule has 6 nitrogen and oxygen atoms in total. The highest BCUT2D eigenvalue weighted by Crippen LogP contribution is 2.44. The number of rotatable bonds is 5. The summed E-state index contributed by atoms with van der Waals surface area (Å²) in [4.78, 5) is 18.3. The summed E-state index contributed by atoms with van der Waals surface area (Å²) in [6.07, 6.45) is 0. The van der Waals surface area contributed by atoms with Gasteiger partial charge in [0.15, 0.2) is 0 Å². The van der Waals surface area contributed by atoms with Crippen LogP contribution in [0.2, 0.25) is 0 Å². The number of fused-ring (bicyclic) bond motifs is 1. The van der Waals surface area contributed by atoms with Crippen LogP contribution in [0.5, 0.6) is 0 Å². The molecule has 0 aliphatic rings. The molecule has 0 atom stereocenters. The number of carbonyl (C=O) groups is 1. The second-order valence-corrected chi connectivity index (χ2v) is 9.99. The van der Waals surface area contributed by atoms with Crippen molar-refractivity contribution in [1.82, 2.24) is 4.98 Å². The summed E-state index contributed by atoms with van der Waals surface area (Å²) in [5, 5.41) is 17.1. The van der Waals surface area contributed by atoms with E-state index in [1.54, 1.807) is 0 Å². The van der Waals surface area contributed by atoms with E-state index in [4.69, 9.17) is 5.73 Å². The first-order valence-corrected chi connectivity index (χ1v) is 12.6. The lowest BCUT2D eigenvalue weighted by molar-refractivity contribution is 0.102. The number of amides is 1. The van der Waals surface area contributed by atoms with Crippen molar-refractivity contribution < 1.29 is 4.79 Å². The highest BCUT2D eigenvalue weighted by Gasteiger charge is 2.26. The summed E-state index contributed by atoms with van der Waals surface area (Å²) < 4.78 is 0.722. The minimum atomic E-state index is -0.306. The van der Waals surface area contributed by atoms with Crippen LogP contribution in [0.15, 0.2) is 72.8 Å². The van der Waals surface area contributed by atoms with Crippen molar-refractivity contribution in [2.24, 2.45) is 0 Å². The van der Waals surface area contributed by atoms with Gasteiger partial charge >= 0.3 is 0 Å². The van der Waals surface area contributed by atoms with Gasteiger partial charge in [0.25, 0.3) is 5.91 Å². The molecule has 0 radical (unpaired) electrons. The molecule has 4 N–H and O–H groups in total. The first-order valence-electron chi connectivity index (χ1n) is 11.8. The van der Waals surface area contributed by atoms with E-state index in [1.807, 2.05) is 93.6 Å². The van der Waals surface area contributed by atoms with E-state index >= 15 is 0 Å². The number of nitrogens with zero attached hydrogens (tertiary/aromatic N) is 2. The van der Waals surface area contributed by atoms with E-state index in [9.17, 15) is 10.1 Å². The van der Waals surface area contributed by atoms with Crippen LogP contribution in [0.4, 0.5) is 22.2 Å². The maximum Gasteiger partial charge on any atom is 0.260 e. The van der Waals surface area contributed by atoms with Crippen molar-refractivity contribution in [3.63, 3.8) is 0 Å². The summed E-state index contributed by atoms with van der Waals surface area (Å²) in [6, 6.07) is 25.6. The smallest absolute Gasteiger partial charge is 0.260 e. The molecule has 0 bridgehead atoms. The Labute approximate surface area is 219 Å². The molecule has 0 aliphatic heterocycles. The molecule has 0 spiro atoms. The van der Waals surface area contributed by atoms with Crippen molar-refractivity contribution in [3.8, 4) is 17.2 Å². The standard InChI is InChI=1S/C30H25N5OS/c1-17-11-13-20(14-12-17)24-22(16-31)28(32)35-26-25(29(36)33-21-9-6-7-18(2)15-21)30(37-27(24)26)34-23-10-5-4-8-19(23)3/h4-15,34H,1-3H3,(H2,32,35)(H,33,36). The number of aryl methyl sites for hydroxylation is 3. The Kier molecular flexibility index (Phi) is 6.34. The van der Waals surface area contributed by atoms with Gasteiger partial charge < -0.3 is 16.4 Å². The van der Waals surface area contributed by atoms with E-state index in [0.29, 0.717) is 32.9 Å². The van der Waals surface area contributed by atoms with Gasteiger partial charge in [0.05, 0.1) is 10.2 Å². The maximum atomic E-state index is 13.8. The zero-order chi connectivity index (χ0) is 26.1. The lowest BCUT2D eigenvalue weighted by Crippen LogP contribution is -2.14. The molecule has 0 saturated heterocycles. The molecule has 5 aromatic rings. The van der Waals surface area contributed by atoms with Crippen LogP contribution >= 0.6 is 11.3 Å². The average molecular weight is 504 g/mol. The van der Waals surface area contributed by atoms with Crippen LogP contribution in [0.25, 0.3) is 21.3 Å². The van der Waals surface area contributed by atoms with Gasteiger partial charge in [0.1, 0.15) is 28.0 Å². The number of carbonyl (C=O) groups excluding carboxylic acids is 1. The predicted molar refractivity (Wildman–Crippen MR) is 153 cm³/mol. The van der Waals surface area contributed by atoms with E-state index in [-0.39, 0.29) is 11.7 Å². The van der Waals surface area contributed by atoms with Crippen LogP contribution in [0, 0.1) is 32.1 Å². The molecule has 2 heterocycles. The Morgan fingerprint density at radius 3 is 2.43 bits per heavy atom. The van der Waals surface area contributed by atoms with Crippen LogP contribution < -0.4 is 16.4 Å². The molecule has 0 aliphatic carbocycles. The van der Waals surface area contributed by atoms with Gasteiger partial charge in [-0.15, -0.1) is 11.3 Å².